The Kier molecular flexibility index (Phi) is 3.48. The van der Waals surface area contributed by atoms with Gasteiger partial charge in [-0.1, -0.05) is 0 Å². The zero-order valence-corrected chi connectivity index (χ0v) is 11.6. The van der Waals surface area contributed by atoms with Crippen molar-refractivity contribution in [1.29, 1.82) is 0 Å². The minimum Gasteiger partial charge on any atom is -0.467 e. The quantitative estimate of drug-likeness (QED) is 0.411. The number of fused-ring (bicyclic) bond motifs is 1. The molecule has 0 bridgehead atoms. The number of rotatable bonds is 3. The fourth-order valence-corrected chi connectivity index (χ4v) is 2.43. The summed E-state index contributed by atoms with van der Waals surface area (Å²) in [5.41, 5.74) is 12.0. The maximum atomic E-state index is 10.1. The third kappa shape index (κ3) is 2.02. The molecule has 4 atom stereocenters. The van der Waals surface area contributed by atoms with Gasteiger partial charge in [0.2, 0.25) is 5.95 Å². The van der Waals surface area contributed by atoms with E-state index in [0.29, 0.717) is 0 Å². The van der Waals surface area contributed by atoms with Crippen molar-refractivity contribution in [1.82, 2.24) is 19.5 Å². The van der Waals surface area contributed by atoms with E-state index in [1.807, 2.05) is 0 Å². The molecule has 1 aliphatic heterocycles. The fourth-order valence-electron chi connectivity index (χ4n) is 2.43. The number of nitrogens with zero attached hydrogens (tertiary/aromatic N) is 4. The van der Waals surface area contributed by atoms with Gasteiger partial charge < -0.3 is 36.3 Å². The van der Waals surface area contributed by atoms with Gasteiger partial charge in [-0.25, -0.2) is 4.98 Å². The van der Waals surface area contributed by atoms with Crippen molar-refractivity contribution >= 4 is 22.9 Å². The molecule has 0 saturated carbocycles. The second kappa shape index (κ2) is 5.21. The van der Waals surface area contributed by atoms with E-state index in [4.69, 9.17) is 26.0 Å². The molecule has 0 aromatic carbocycles. The molecule has 22 heavy (non-hydrogen) atoms. The molecule has 0 amide bonds. The third-order valence-electron chi connectivity index (χ3n) is 3.53. The molecule has 7 N–H and O–H groups in total. The van der Waals surface area contributed by atoms with E-state index in [1.54, 1.807) is 0 Å². The molecule has 1 saturated heterocycles. The summed E-state index contributed by atoms with van der Waals surface area (Å²) in [5, 5.41) is 29.1. The SMILES string of the molecule is COc1nc(N)c2nc(N)n([C@@H]3O[C@H](CO)C(O)C3O)c2n1. The van der Waals surface area contributed by atoms with Crippen molar-refractivity contribution < 1.29 is 24.8 Å². The number of anilines is 2. The van der Waals surface area contributed by atoms with Crippen molar-refractivity contribution in [2.75, 3.05) is 25.2 Å². The number of ether oxygens (including phenoxy) is 2. The van der Waals surface area contributed by atoms with Crippen molar-refractivity contribution in [3.05, 3.63) is 0 Å². The molecule has 1 aliphatic rings. The zero-order chi connectivity index (χ0) is 16.0. The van der Waals surface area contributed by atoms with Gasteiger partial charge in [0.15, 0.2) is 23.2 Å². The highest BCUT2D eigenvalue weighted by atomic mass is 16.6. The lowest BCUT2D eigenvalue weighted by Crippen LogP contribution is -2.33. The second-order valence-electron chi connectivity index (χ2n) is 4.84. The summed E-state index contributed by atoms with van der Waals surface area (Å²) in [6, 6.07) is -0.00195. The Morgan fingerprint density at radius 1 is 1.23 bits per heavy atom. The summed E-state index contributed by atoms with van der Waals surface area (Å²) in [5.74, 6) is 0.0261. The first kappa shape index (κ1) is 14.7. The Morgan fingerprint density at radius 3 is 2.55 bits per heavy atom. The van der Waals surface area contributed by atoms with Crippen molar-refractivity contribution in [3.63, 3.8) is 0 Å². The van der Waals surface area contributed by atoms with Crippen molar-refractivity contribution in [3.8, 4) is 6.01 Å². The lowest BCUT2D eigenvalue weighted by atomic mass is 10.1. The number of methoxy groups -OCH3 is 1. The molecule has 120 valence electrons. The Morgan fingerprint density at radius 2 is 1.95 bits per heavy atom. The Hall–Kier alpha value is -2.21. The molecule has 0 radical (unpaired) electrons. The zero-order valence-electron chi connectivity index (χ0n) is 11.6. The van der Waals surface area contributed by atoms with E-state index in [2.05, 4.69) is 15.0 Å². The molecule has 0 aliphatic carbocycles. The van der Waals surface area contributed by atoms with Gasteiger partial charge in [-0.3, -0.25) is 4.57 Å². The van der Waals surface area contributed by atoms with Gasteiger partial charge in [0.1, 0.15) is 18.3 Å². The van der Waals surface area contributed by atoms with E-state index >= 15 is 0 Å². The number of aliphatic hydroxyl groups excluding tert-OH is 3. The van der Waals surface area contributed by atoms with E-state index in [-0.39, 0.29) is 28.9 Å². The maximum Gasteiger partial charge on any atom is 0.320 e. The summed E-state index contributed by atoms with van der Waals surface area (Å²) in [7, 11) is 1.37. The van der Waals surface area contributed by atoms with Gasteiger partial charge in [0.05, 0.1) is 13.7 Å². The first-order chi connectivity index (χ1) is 10.5. The van der Waals surface area contributed by atoms with E-state index in [0.717, 1.165) is 0 Å². The number of hydrogen-bond acceptors (Lipinski definition) is 10. The molecule has 1 fully saturated rings. The number of aromatic nitrogens is 4. The molecule has 2 unspecified atom stereocenters. The largest absolute Gasteiger partial charge is 0.467 e. The first-order valence-corrected chi connectivity index (χ1v) is 6.45. The average Bonchev–Trinajstić information content (AvgIpc) is 2.97. The predicted molar refractivity (Wildman–Crippen MR) is 73.7 cm³/mol. The molecule has 3 rings (SSSR count). The van der Waals surface area contributed by atoms with Crippen LogP contribution in [-0.2, 0) is 4.74 Å². The van der Waals surface area contributed by atoms with E-state index in [9.17, 15) is 10.2 Å². The second-order valence-corrected chi connectivity index (χ2v) is 4.84. The summed E-state index contributed by atoms with van der Waals surface area (Å²) in [6.45, 7) is -0.457. The average molecular weight is 312 g/mol. The first-order valence-electron chi connectivity index (χ1n) is 6.45. The normalized spacial score (nSPS) is 28.4. The lowest BCUT2D eigenvalue weighted by molar-refractivity contribution is -0.0500. The lowest BCUT2D eigenvalue weighted by Gasteiger charge is -2.17. The minimum absolute atomic E-state index is 0.00195. The molecule has 0 spiro atoms. The number of aliphatic hydroxyl groups is 3. The van der Waals surface area contributed by atoms with Crippen LogP contribution in [0.2, 0.25) is 0 Å². The summed E-state index contributed by atoms with van der Waals surface area (Å²) in [6.07, 6.45) is -4.61. The minimum atomic E-state index is -1.32. The van der Waals surface area contributed by atoms with Crippen LogP contribution in [-0.4, -0.2) is 66.9 Å². The van der Waals surface area contributed by atoms with Gasteiger partial charge in [0.25, 0.3) is 0 Å². The van der Waals surface area contributed by atoms with Gasteiger partial charge in [-0.2, -0.15) is 9.97 Å². The Bertz CT molecular complexity index is 706. The van der Waals surface area contributed by atoms with E-state index < -0.39 is 31.1 Å². The molecule has 11 heteroatoms. The molecule has 3 heterocycles. The van der Waals surface area contributed by atoms with Crippen LogP contribution in [0, 0.1) is 0 Å². The van der Waals surface area contributed by atoms with Crippen LogP contribution in [0.25, 0.3) is 11.2 Å². The van der Waals surface area contributed by atoms with Gasteiger partial charge in [0, 0.05) is 0 Å². The van der Waals surface area contributed by atoms with Crippen LogP contribution >= 0.6 is 0 Å². The third-order valence-corrected chi connectivity index (χ3v) is 3.53. The van der Waals surface area contributed by atoms with Crippen LogP contribution in [0.15, 0.2) is 0 Å². The topological polar surface area (TPSA) is 175 Å². The highest BCUT2D eigenvalue weighted by Crippen LogP contribution is 2.34. The summed E-state index contributed by atoms with van der Waals surface area (Å²) < 4.78 is 11.7. The molecule has 2 aromatic heterocycles. The molecule has 11 nitrogen and oxygen atoms in total. The number of nitrogen functional groups attached to an aromatic ring is 2. The van der Waals surface area contributed by atoms with Gasteiger partial charge in [-0.15, -0.1) is 0 Å². The fraction of sp³-hybridized carbons (Fsp3) is 0.545. The Labute approximate surface area is 124 Å². The standard InChI is InChI=1S/C11H16N6O5/c1-21-11-15-7(12)4-8(16-11)17(10(13)14-4)9-6(20)5(19)3(2-18)22-9/h3,5-6,9,18-20H,2H2,1H3,(H2,13,14)(H2,12,15,16)/t3-,5?,6?,9-/m1/s1. The van der Waals surface area contributed by atoms with Crippen molar-refractivity contribution in [2.24, 2.45) is 0 Å². The number of imidazole rings is 1. The van der Waals surface area contributed by atoms with Crippen molar-refractivity contribution in [2.45, 2.75) is 24.5 Å². The van der Waals surface area contributed by atoms with Gasteiger partial charge >= 0.3 is 6.01 Å². The van der Waals surface area contributed by atoms with Crippen LogP contribution in [0.4, 0.5) is 11.8 Å². The summed E-state index contributed by atoms with van der Waals surface area (Å²) >= 11 is 0. The smallest absolute Gasteiger partial charge is 0.320 e. The highest BCUT2D eigenvalue weighted by Gasteiger charge is 2.44. The monoisotopic (exact) mass is 312 g/mol. The van der Waals surface area contributed by atoms with E-state index in [1.165, 1.54) is 11.7 Å². The van der Waals surface area contributed by atoms with Crippen LogP contribution in [0.5, 0.6) is 6.01 Å². The summed E-state index contributed by atoms with van der Waals surface area (Å²) in [4.78, 5) is 12.0. The predicted octanol–water partition coefficient (Wildman–Crippen LogP) is -2.39. The Balaban J connectivity index is 2.15. The number of nitrogens with two attached hydrogens (primary N) is 2. The molecule has 2 aromatic rings. The maximum absolute atomic E-state index is 10.1. The van der Waals surface area contributed by atoms with Gasteiger partial charge in [-0.05, 0) is 0 Å². The van der Waals surface area contributed by atoms with Crippen LogP contribution in [0.1, 0.15) is 6.23 Å². The number of hydrogen-bond donors (Lipinski definition) is 5. The molecular weight excluding hydrogens is 296 g/mol. The highest BCUT2D eigenvalue weighted by molar-refractivity contribution is 5.84. The molecular formula is C11H16N6O5. The van der Waals surface area contributed by atoms with Crippen LogP contribution in [0.3, 0.4) is 0 Å². The van der Waals surface area contributed by atoms with Crippen LogP contribution < -0.4 is 16.2 Å².